The molecule has 0 spiro atoms. The zero-order valence-corrected chi connectivity index (χ0v) is 11.9. The fraction of sp³-hybridized carbons (Fsp3) is 0.333. The van der Waals surface area contributed by atoms with Crippen LogP contribution in [0.1, 0.15) is 30.6 Å². The van der Waals surface area contributed by atoms with Crippen LogP contribution >= 0.6 is 15.9 Å². The first-order valence-corrected chi connectivity index (χ1v) is 6.15. The van der Waals surface area contributed by atoms with Gasteiger partial charge in [0.2, 0.25) is 0 Å². The van der Waals surface area contributed by atoms with Gasteiger partial charge in [-0.25, -0.2) is 0 Å². The van der Waals surface area contributed by atoms with Gasteiger partial charge < -0.3 is 5.11 Å². The third-order valence-electron chi connectivity index (χ3n) is 2.61. The summed E-state index contributed by atoms with van der Waals surface area (Å²) in [7, 11) is 0. The fourth-order valence-electron chi connectivity index (χ4n) is 1.64. The second-order valence-electron chi connectivity index (χ2n) is 4.71. The minimum Gasteiger partial charge on any atom is -0.481 e. The van der Waals surface area contributed by atoms with Gasteiger partial charge in [0.1, 0.15) is 0 Å². The second-order valence-corrected chi connectivity index (χ2v) is 5.56. The van der Waals surface area contributed by atoms with Crippen LogP contribution in [0.25, 0.3) is 0 Å². The van der Waals surface area contributed by atoms with Gasteiger partial charge in [-0.15, -0.1) is 0 Å². The molecule has 0 aromatic heterocycles. The Labute approximate surface area is 117 Å². The molecular weight excluding hydrogens is 318 g/mol. The average molecular weight is 330 g/mol. The van der Waals surface area contributed by atoms with Gasteiger partial charge in [-0.1, -0.05) is 13.8 Å². The predicted octanol–water partition coefficient (Wildman–Crippen LogP) is 3.04. The molecule has 0 aliphatic carbocycles. The third-order valence-corrected chi connectivity index (χ3v) is 3.28. The Hall–Kier alpha value is -1.76. The lowest BCUT2D eigenvalue weighted by Gasteiger charge is -2.20. The van der Waals surface area contributed by atoms with Gasteiger partial charge in [-0.05, 0) is 28.1 Å². The number of hydrogen-bond donors (Lipinski definition) is 1. The number of carbonyl (C=O) groups is 2. The van der Waals surface area contributed by atoms with E-state index in [4.69, 9.17) is 5.11 Å². The monoisotopic (exact) mass is 329 g/mol. The van der Waals surface area contributed by atoms with Crippen LogP contribution in [-0.2, 0) is 4.79 Å². The van der Waals surface area contributed by atoms with Crippen molar-refractivity contribution in [1.82, 2.24) is 0 Å². The summed E-state index contributed by atoms with van der Waals surface area (Å²) in [6, 6.07) is 3.99. The lowest BCUT2D eigenvalue weighted by atomic mass is 9.81. The Morgan fingerprint density at radius 2 is 2.00 bits per heavy atom. The minimum absolute atomic E-state index is 0.126. The van der Waals surface area contributed by atoms with E-state index in [0.29, 0.717) is 0 Å². The summed E-state index contributed by atoms with van der Waals surface area (Å²) in [6.07, 6.45) is -0.338. The molecule has 0 aliphatic heterocycles. The number of carbonyl (C=O) groups excluding carboxylic acids is 1. The number of rotatable bonds is 5. The van der Waals surface area contributed by atoms with Crippen molar-refractivity contribution in [2.75, 3.05) is 0 Å². The molecule has 0 fully saturated rings. The first-order valence-electron chi connectivity index (χ1n) is 5.35. The van der Waals surface area contributed by atoms with E-state index in [1.807, 2.05) is 0 Å². The summed E-state index contributed by atoms with van der Waals surface area (Å²) in [6.45, 7) is 2.99. The molecule has 0 saturated carbocycles. The molecule has 0 bridgehead atoms. The van der Waals surface area contributed by atoms with Crippen molar-refractivity contribution < 1.29 is 19.6 Å². The molecule has 0 amide bonds. The van der Waals surface area contributed by atoms with Gasteiger partial charge in [0.15, 0.2) is 5.78 Å². The summed E-state index contributed by atoms with van der Waals surface area (Å²) in [5, 5.41) is 19.6. The number of nitro benzene ring substituents is 1. The summed E-state index contributed by atoms with van der Waals surface area (Å²) in [4.78, 5) is 33.1. The number of ketones is 1. The van der Waals surface area contributed by atoms with Gasteiger partial charge in [-0.3, -0.25) is 19.7 Å². The standard InChI is InChI=1S/C12H12BrNO5/c1-12(2,6-10(15)16)11(17)7-3-4-8(13)9(5-7)14(18)19/h3-5H,6H2,1-2H3,(H,15,16). The third kappa shape index (κ3) is 3.60. The van der Waals surface area contributed by atoms with E-state index < -0.39 is 22.1 Å². The van der Waals surface area contributed by atoms with E-state index in [2.05, 4.69) is 15.9 Å². The maximum Gasteiger partial charge on any atom is 0.304 e. The molecule has 0 heterocycles. The largest absolute Gasteiger partial charge is 0.481 e. The molecule has 1 aromatic rings. The zero-order valence-electron chi connectivity index (χ0n) is 10.3. The number of aliphatic carboxylic acids is 1. The quantitative estimate of drug-likeness (QED) is 0.508. The highest BCUT2D eigenvalue weighted by molar-refractivity contribution is 9.10. The van der Waals surface area contributed by atoms with Crippen molar-refractivity contribution in [2.45, 2.75) is 20.3 Å². The topological polar surface area (TPSA) is 97.5 Å². The van der Waals surface area contributed by atoms with Crippen LogP contribution in [0, 0.1) is 15.5 Å². The summed E-state index contributed by atoms with van der Waals surface area (Å²) >= 11 is 3.02. The van der Waals surface area contributed by atoms with Crippen LogP contribution in [0.15, 0.2) is 22.7 Å². The van der Waals surface area contributed by atoms with Crippen molar-refractivity contribution in [3.05, 3.63) is 38.3 Å². The first kappa shape index (κ1) is 15.3. The van der Waals surface area contributed by atoms with E-state index >= 15 is 0 Å². The Morgan fingerprint density at radius 3 is 2.47 bits per heavy atom. The van der Waals surface area contributed by atoms with Crippen LogP contribution in [0.4, 0.5) is 5.69 Å². The van der Waals surface area contributed by atoms with E-state index in [1.165, 1.54) is 26.0 Å². The molecule has 19 heavy (non-hydrogen) atoms. The average Bonchev–Trinajstić information content (AvgIpc) is 2.26. The summed E-state index contributed by atoms with van der Waals surface area (Å²) in [5.41, 5.74) is -1.22. The molecule has 0 atom stereocenters. The Balaban J connectivity index is 3.17. The Bertz CT molecular complexity index is 553. The highest BCUT2D eigenvalue weighted by Gasteiger charge is 2.32. The van der Waals surface area contributed by atoms with Crippen LogP contribution in [0.5, 0.6) is 0 Å². The second kappa shape index (κ2) is 5.48. The SMILES string of the molecule is CC(C)(CC(=O)O)C(=O)c1ccc(Br)c([N+](=O)[O-])c1. The highest BCUT2D eigenvalue weighted by Crippen LogP contribution is 2.31. The Morgan fingerprint density at radius 1 is 1.42 bits per heavy atom. The number of Topliss-reactive ketones (excluding diaryl/α,β-unsaturated/α-hetero) is 1. The lowest BCUT2D eigenvalue weighted by Crippen LogP contribution is -2.27. The molecule has 102 valence electrons. The number of carboxylic acids is 1. The van der Waals surface area contributed by atoms with Crippen LogP contribution in [-0.4, -0.2) is 21.8 Å². The predicted molar refractivity (Wildman–Crippen MR) is 71.2 cm³/mol. The fourth-order valence-corrected chi connectivity index (χ4v) is 2.03. The van der Waals surface area contributed by atoms with Crippen LogP contribution < -0.4 is 0 Å². The van der Waals surface area contributed by atoms with Gasteiger partial charge >= 0.3 is 5.97 Å². The van der Waals surface area contributed by atoms with Crippen LogP contribution in [0.3, 0.4) is 0 Å². The van der Waals surface area contributed by atoms with Gasteiger partial charge in [0, 0.05) is 17.0 Å². The molecule has 0 aliphatic rings. The van der Waals surface area contributed by atoms with Crippen molar-refractivity contribution in [1.29, 1.82) is 0 Å². The molecule has 6 nitrogen and oxygen atoms in total. The van der Waals surface area contributed by atoms with Crippen molar-refractivity contribution in [3.8, 4) is 0 Å². The first-order chi connectivity index (χ1) is 8.65. The number of nitro groups is 1. The maximum absolute atomic E-state index is 12.2. The molecule has 0 radical (unpaired) electrons. The molecule has 7 heteroatoms. The van der Waals surface area contributed by atoms with Crippen molar-refractivity contribution in [2.24, 2.45) is 5.41 Å². The number of halogens is 1. The smallest absolute Gasteiger partial charge is 0.304 e. The molecule has 1 N–H and O–H groups in total. The summed E-state index contributed by atoms with van der Waals surface area (Å²) < 4.78 is 0.269. The number of benzene rings is 1. The normalized spacial score (nSPS) is 11.1. The maximum atomic E-state index is 12.2. The zero-order chi connectivity index (χ0) is 14.8. The number of nitrogens with zero attached hydrogens (tertiary/aromatic N) is 1. The summed E-state index contributed by atoms with van der Waals surface area (Å²) in [5.74, 6) is -1.53. The van der Waals surface area contributed by atoms with E-state index in [9.17, 15) is 19.7 Å². The molecule has 0 unspecified atom stereocenters. The van der Waals surface area contributed by atoms with Crippen molar-refractivity contribution >= 4 is 33.4 Å². The van der Waals surface area contributed by atoms with Gasteiger partial charge in [0.25, 0.3) is 5.69 Å². The number of carboxylic acid groups (broad SMARTS) is 1. The van der Waals surface area contributed by atoms with E-state index in [0.717, 1.165) is 6.07 Å². The minimum atomic E-state index is -1.12. The molecule has 1 rings (SSSR count). The van der Waals surface area contributed by atoms with E-state index in [-0.39, 0.29) is 22.1 Å². The highest BCUT2D eigenvalue weighted by atomic mass is 79.9. The van der Waals surface area contributed by atoms with Gasteiger partial charge in [-0.2, -0.15) is 0 Å². The number of hydrogen-bond acceptors (Lipinski definition) is 4. The Kier molecular flexibility index (Phi) is 4.41. The van der Waals surface area contributed by atoms with E-state index in [1.54, 1.807) is 0 Å². The van der Waals surface area contributed by atoms with Gasteiger partial charge in [0.05, 0.1) is 15.8 Å². The lowest BCUT2D eigenvalue weighted by molar-refractivity contribution is -0.385. The van der Waals surface area contributed by atoms with Crippen LogP contribution in [0.2, 0.25) is 0 Å². The molecule has 1 aromatic carbocycles. The molecular formula is C12H12BrNO5. The molecule has 0 saturated heterocycles. The van der Waals surface area contributed by atoms with Crippen molar-refractivity contribution in [3.63, 3.8) is 0 Å².